The molecule has 0 radical (unpaired) electrons. The van der Waals surface area contributed by atoms with Crippen molar-refractivity contribution in [1.82, 2.24) is 9.97 Å². The second kappa shape index (κ2) is 4.56. The molecular formula is C16H19N3O. The van der Waals surface area contributed by atoms with Gasteiger partial charge in [0.05, 0.1) is 17.8 Å². The van der Waals surface area contributed by atoms with E-state index in [0.29, 0.717) is 5.82 Å². The number of nitrogens with zero attached hydrogens (tertiary/aromatic N) is 2. The minimum atomic E-state index is -0.541. The fraction of sp³-hybridized carbons (Fsp3) is 0.375. The maximum Gasteiger partial charge on any atom is 0.148 e. The lowest BCUT2D eigenvalue weighted by molar-refractivity contribution is 0.357. The molecule has 1 aromatic heterocycles. The molecule has 4 nitrogen and oxygen atoms in total. The predicted molar refractivity (Wildman–Crippen MR) is 78.6 cm³/mol. The zero-order chi connectivity index (χ0) is 14.3. The van der Waals surface area contributed by atoms with E-state index >= 15 is 0 Å². The molecule has 2 heterocycles. The first-order chi connectivity index (χ1) is 9.43. The van der Waals surface area contributed by atoms with Crippen molar-refractivity contribution < 1.29 is 4.74 Å². The van der Waals surface area contributed by atoms with E-state index in [0.717, 1.165) is 35.7 Å². The lowest BCUT2D eigenvalue weighted by atomic mass is 10.0. The van der Waals surface area contributed by atoms with Crippen LogP contribution in [0.3, 0.4) is 0 Å². The van der Waals surface area contributed by atoms with Crippen molar-refractivity contribution in [1.29, 1.82) is 0 Å². The largest absolute Gasteiger partial charge is 0.493 e. The van der Waals surface area contributed by atoms with Gasteiger partial charge in [0.2, 0.25) is 0 Å². The Morgan fingerprint density at radius 2 is 2.00 bits per heavy atom. The van der Waals surface area contributed by atoms with Gasteiger partial charge in [-0.15, -0.1) is 0 Å². The number of ether oxygens (including phenoxy) is 1. The molecule has 0 aliphatic carbocycles. The van der Waals surface area contributed by atoms with E-state index in [1.807, 2.05) is 39.0 Å². The molecule has 0 atom stereocenters. The van der Waals surface area contributed by atoms with E-state index in [9.17, 15) is 0 Å². The minimum absolute atomic E-state index is 0.541. The smallest absolute Gasteiger partial charge is 0.148 e. The highest BCUT2D eigenvalue weighted by Crippen LogP contribution is 2.30. The molecule has 0 saturated carbocycles. The summed E-state index contributed by atoms with van der Waals surface area (Å²) < 4.78 is 5.54. The molecule has 1 aliphatic rings. The van der Waals surface area contributed by atoms with Crippen molar-refractivity contribution >= 4 is 0 Å². The van der Waals surface area contributed by atoms with Crippen LogP contribution in [0.25, 0.3) is 11.3 Å². The quantitative estimate of drug-likeness (QED) is 0.910. The van der Waals surface area contributed by atoms with Crippen LogP contribution in [0.5, 0.6) is 5.75 Å². The Balaban J connectivity index is 2.08. The second-order valence-corrected chi connectivity index (χ2v) is 5.86. The van der Waals surface area contributed by atoms with Crippen LogP contribution in [0.1, 0.15) is 30.9 Å². The normalized spacial score (nSPS) is 14.0. The first-order valence-corrected chi connectivity index (χ1v) is 6.84. The van der Waals surface area contributed by atoms with Gasteiger partial charge in [0.1, 0.15) is 11.6 Å². The fourth-order valence-electron chi connectivity index (χ4n) is 2.35. The molecular weight excluding hydrogens is 250 g/mol. The summed E-state index contributed by atoms with van der Waals surface area (Å²) in [6.45, 7) is 6.57. The lowest BCUT2D eigenvalue weighted by Gasteiger charge is -2.18. The summed E-state index contributed by atoms with van der Waals surface area (Å²) >= 11 is 0. The molecule has 0 fully saturated rings. The van der Waals surface area contributed by atoms with Crippen molar-refractivity contribution in [2.24, 2.45) is 5.73 Å². The Labute approximate surface area is 119 Å². The van der Waals surface area contributed by atoms with Gasteiger partial charge in [0.15, 0.2) is 0 Å². The molecule has 2 aromatic rings. The van der Waals surface area contributed by atoms with E-state index < -0.39 is 5.54 Å². The predicted octanol–water partition coefficient (Wildman–Crippen LogP) is 2.58. The lowest BCUT2D eigenvalue weighted by Crippen LogP contribution is -2.31. The first kappa shape index (κ1) is 13.1. The zero-order valence-corrected chi connectivity index (χ0v) is 12.1. The topological polar surface area (TPSA) is 61.0 Å². The van der Waals surface area contributed by atoms with Gasteiger partial charge in [-0.2, -0.15) is 0 Å². The molecule has 0 spiro atoms. The molecule has 1 aliphatic heterocycles. The Morgan fingerprint density at radius 1 is 1.20 bits per heavy atom. The van der Waals surface area contributed by atoms with Crippen LogP contribution in [0.2, 0.25) is 0 Å². The maximum atomic E-state index is 6.12. The average molecular weight is 269 g/mol. The van der Waals surface area contributed by atoms with E-state index in [1.165, 1.54) is 5.56 Å². The summed E-state index contributed by atoms with van der Waals surface area (Å²) in [6.07, 6.45) is 0.961. The summed E-state index contributed by atoms with van der Waals surface area (Å²) in [7, 11) is 0. The first-order valence-electron chi connectivity index (χ1n) is 6.84. The van der Waals surface area contributed by atoms with Gasteiger partial charge >= 0.3 is 0 Å². The summed E-state index contributed by atoms with van der Waals surface area (Å²) in [5, 5.41) is 0. The maximum absolute atomic E-state index is 6.12. The molecule has 0 bridgehead atoms. The Hall–Kier alpha value is -1.94. The number of hydrogen-bond donors (Lipinski definition) is 1. The second-order valence-electron chi connectivity index (χ2n) is 5.86. The van der Waals surface area contributed by atoms with Crippen LogP contribution in [0, 0.1) is 6.92 Å². The molecule has 0 unspecified atom stereocenters. The van der Waals surface area contributed by atoms with Crippen molar-refractivity contribution in [3.8, 4) is 17.0 Å². The van der Waals surface area contributed by atoms with Gasteiger partial charge in [0, 0.05) is 17.7 Å². The van der Waals surface area contributed by atoms with E-state index in [2.05, 4.69) is 16.0 Å². The molecule has 0 saturated heterocycles. The van der Waals surface area contributed by atoms with Crippen LogP contribution in [0.15, 0.2) is 24.3 Å². The number of aromatic nitrogens is 2. The Morgan fingerprint density at radius 3 is 2.75 bits per heavy atom. The van der Waals surface area contributed by atoms with E-state index in [4.69, 9.17) is 10.5 Å². The van der Waals surface area contributed by atoms with Gasteiger partial charge in [-0.25, -0.2) is 9.97 Å². The third-order valence-electron chi connectivity index (χ3n) is 3.42. The summed E-state index contributed by atoms with van der Waals surface area (Å²) in [6, 6.07) is 8.20. The highest BCUT2D eigenvalue weighted by molar-refractivity contribution is 5.63. The molecule has 0 amide bonds. The van der Waals surface area contributed by atoms with Crippen LogP contribution in [0.4, 0.5) is 0 Å². The zero-order valence-electron chi connectivity index (χ0n) is 12.1. The number of benzene rings is 1. The van der Waals surface area contributed by atoms with Gasteiger partial charge in [-0.1, -0.05) is 0 Å². The number of nitrogens with two attached hydrogens (primary N) is 1. The minimum Gasteiger partial charge on any atom is -0.493 e. The highest BCUT2D eigenvalue weighted by Gasteiger charge is 2.20. The third-order valence-corrected chi connectivity index (χ3v) is 3.42. The van der Waals surface area contributed by atoms with E-state index in [1.54, 1.807) is 0 Å². The Kier molecular flexibility index (Phi) is 2.98. The summed E-state index contributed by atoms with van der Waals surface area (Å²) in [4.78, 5) is 9.07. The van der Waals surface area contributed by atoms with Crippen molar-refractivity contribution in [3.63, 3.8) is 0 Å². The van der Waals surface area contributed by atoms with Crippen LogP contribution >= 0.6 is 0 Å². The summed E-state index contributed by atoms with van der Waals surface area (Å²) in [5.41, 5.74) is 9.76. The standard InChI is InChI=1S/C16H19N3O/c1-10-8-13(19-15(18-10)16(2,3)17)11-4-5-14-12(9-11)6-7-20-14/h4-5,8-9H,6-7,17H2,1-3H3. The van der Waals surface area contributed by atoms with Gasteiger partial charge < -0.3 is 10.5 Å². The molecule has 2 N–H and O–H groups in total. The van der Waals surface area contributed by atoms with Gasteiger partial charge in [-0.3, -0.25) is 0 Å². The van der Waals surface area contributed by atoms with Crippen molar-refractivity contribution in [2.75, 3.05) is 6.61 Å². The summed E-state index contributed by atoms with van der Waals surface area (Å²) in [5.74, 6) is 1.66. The molecule has 4 heteroatoms. The number of fused-ring (bicyclic) bond motifs is 1. The third kappa shape index (κ3) is 2.39. The SMILES string of the molecule is Cc1cc(-c2ccc3c(c2)CCO3)nc(C(C)(C)N)n1. The molecule has 20 heavy (non-hydrogen) atoms. The molecule has 104 valence electrons. The van der Waals surface area contributed by atoms with Gasteiger partial charge in [-0.05, 0) is 50.6 Å². The van der Waals surface area contributed by atoms with E-state index in [-0.39, 0.29) is 0 Å². The monoisotopic (exact) mass is 269 g/mol. The van der Waals surface area contributed by atoms with Gasteiger partial charge in [0.25, 0.3) is 0 Å². The molecule has 3 rings (SSSR count). The van der Waals surface area contributed by atoms with Crippen LogP contribution in [-0.4, -0.2) is 16.6 Å². The number of aryl methyl sites for hydroxylation is 1. The molecule has 1 aromatic carbocycles. The van der Waals surface area contributed by atoms with Crippen molar-refractivity contribution in [2.45, 2.75) is 32.7 Å². The van der Waals surface area contributed by atoms with Crippen LogP contribution in [-0.2, 0) is 12.0 Å². The average Bonchev–Trinajstić information content (AvgIpc) is 2.84. The number of hydrogen-bond acceptors (Lipinski definition) is 4. The fourth-order valence-corrected chi connectivity index (χ4v) is 2.35. The van der Waals surface area contributed by atoms with Crippen molar-refractivity contribution in [3.05, 3.63) is 41.3 Å². The van der Waals surface area contributed by atoms with Crippen LogP contribution < -0.4 is 10.5 Å². The number of rotatable bonds is 2. The highest BCUT2D eigenvalue weighted by atomic mass is 16.5. The Bertz CT molecular complexity index is 659.